The van der Waals surface area contributed by atoms with Crippen LogP contribution in [0.5, 0.6) is 0 Å². The molecule has 0 N–H and O–H groups in total. The van der Waals surface area contributed by atoms with Crippen LogP contribution in [0.1, 0.15) is 19.3 Å². The van der Waals surface area contributed by atoms with E-state index in [9.17, 15) is 14.4 Å². The summed E-state index contributed by atoms with van der Waals surface area (Å²) >= 11 is 0. The van der Waals surface area contributed by atoms with Crippen molar-refractivity contribution < 1.29 is 14.4 Å². The van der Waals surface area contributed by atoms with Crippen molar-refractivity contribution in [3.8, 4) is 0 Å². The number of nitrogens with zero attached hydrogens (tertiary/aromatic N) is 1. The van der Waals surface area contributed by atoms with Gasteiger partial charge in [0, 0.05) is 25.8 Å². The standard InChI is InChI=1S/C7H10BNO3/c8-5(10)3-4-9-6(11)1-2-7(9)12/h1-4,8H2. The number of imide groups is 1. The predicted octanol–water partition coefficient (Wildman–Crippen LogP) is -1.31. The molecule has 12 heavy (non-hydrogen) atoms. The van der Waals surface area contributed by atoms with Gasteiger partial charge in [-0.2, -0.15) is 0 Å². The van der Waals surface area contributed by atoms with E-state index in [4.69, 9.17) is 0 Å². The third-order valence-electron chi connectivity index (χ3n) is 1.84. The highest BCUT2D eigenvalue weighted by atomic mass is 16.2. The predicted molar refractivity (Wildman–Crippen MR) is 44.1 cm³/mol. The lowest BCUT2D eigenvalue weighted by atomic mass is 10.00. The molecule has 0 aliphatic carbocycles. The molecule has 1 rings (SSSR count). The smallest absolute Gasteiger partial charge is 0.229 e. The lowest BCUT2D eigenvalue weighted by molar-refractivity contribution is -0.138. The first kappa shape index (κ1) is 8.97. The van der Waals surface area contributed by atoms with Gasteiger partial charge in [-0.05, 0) is 0 Å². The lowest BCUT2D eigenvalue weighted by Crippen LogP contribution is -2.31. The van der Waals surface area contributed by atoms with E-state index in [-0.39, 0.29) is 30.5 Å². The maximum atomic E-state index is 11.0. The molecule has 0 unspecified atom stereocenters. The van der Waals surface area contributed by atoms with Gasteiger partial charge in [0.2, 0.25) is 11.8 Å². The summed E-state index contributed by atoms with van der Waals surface area (Å²) in [5.74, 6) is -0.303. The minimum Gasteiger partial charge on any atom is -0.312 e. The van der Waals surface area contributed by atoms with Crippen LogP contribution in [-0.4, -0.2) is 36.8 Å². The first-order valence-electron chi connectivity index (χ1n) is 3.94. The first-order valence-corrected chi connectivity index (χ1v) is 3.94. The van der Waals surface area contributed by atoms with E-state index in [1.807, 2.05) is 0 Å². The van der Waals surface area contributed by atoms with Gasteiger partial charge in [0.1, 0.15) is 0 Å². The minimum absolute atomic E-state index is 0.00231. The molecule has 0 bridgehead atoms. The summed E-state index contributed by atoms with van der Waals surface area (Å²) in [5, 5.41) is 0. The van der Waals surface area contributed by atoms with Gasteiger partial charge in [0.05, 0.1) is 5.68 Å². The van der Waals surface area contributed by atoms with Crippen molar-refractivity contribution in [3.05, 3.63) is 0 Å². The molecule has 0 aromatic heterocycles. The van der Waals surface area contributed by atoms with E-state index >= 15 is 0 Å². The number of rotatable bonds is 3. The molecule has 0 spiro atoms. The monoisotopic (exact) mass is 167 g/mol. The summed E-state index contributed by atoms with van der Waals surface area (Å²) < 4.78 is 0. The topological polar surface area (TPSA) is 54.5 Å². The van der Waals surface area contributed by atoms with E-state index < -0.39 is 0 Å². The Morgan fingerprint density at radius 1 is 1.33 bits per heavy atom. The van der Waals surface area contributed by atoms with Crippen LogP contribution in [0.3, 0.4) is 0 Å². The highest BCUT2D eigenvalue weighted by molar-refractivity contribution is 6.57. The second kappa shape index (κ2) is 3.52. The van der Waals surface area contributed by atoms with Crippen molar-refractivity contribution in [1.29, 1.82) is 0 Å². The van der Waals surface area contributed by atoms with Crippen LogP contribution in [0, 0.1) is 0 Å². The van der Waals surface area contributed by atoms with Crippen LogP contribution in [0.4, 0.5) is 0 Å². The maximum absolute atomic E-state index is 11.0. The minimum atomic E-state index is -0.152. The quantitative estimate of drug-likeness (QED) is 0.387. The Labute approximate surface area is 71.3 Å². The van der Waals surface area contributed by atoms with E-state index in [1.54, 1.807) is 0 Å². The molecule has 1 aliphatic rings. The van der Waals surface area contributed by atoms with Crippen LogP contribution in [-0.2, 0) is 14.4 Å². The first-order chi connectivity index (χ1) is 5.61. The number of carbonyl (C=O) groups is 3. The summed E-state index contributed by atoms with van der Waals surface area (Å²) in [4.78, 5) is 33.7. The van der Waals surface area contributed by atoms with Gasteiger partial charge in [-0.15, -0.1) is 0 Å². The zero-order valence-corrected chi connectivity index (χ0v) is 7.00. The van der Waals surface area contributed by atoms with Gasteiger partial charge >= 0.3 is 0 Å². The molecule has 1 heterocycles. The Kier molecular flexibility index (Phi) is 2.63. The van der Waals surface area contributed by atoms with Gasteiger partial charge in [-0.3, -0.25) is 14.5 Å². The molecular weight excluding hydrogens is 157 g/mol. The molecule has 1 aliphatic heterocycles. The van der Waals surface area contributed by atoms with Crippen LogP contribution in [0.15, 0.2) is 0 Å². The summed E-state index contributed by atoms with van der Waals surface area (Å²) in [6, 6.07) is 0. The fraction of sp³-hybridized carbons (Fsp3) is 0.571. The highest BCUT2D eigenvalue weighted by Crippen LogP contribution is 2.11. The van der Waals surface area contributed by atoms with Crippen molar-refractivity contribution in [3.63, 3.8) is 0 Å². The third-order valence-corrected chi connectivity index (χ3v) is 1.84. The van der Waals surface area contributed by atoms with Gasteiger partial charge in [-0.25, -0.2) is 0 Å². The van der Waals surface area contributed by atoms with Crippen molar-refractivity contribution in [1.82, 2.24) is 4.90 Å². The fourth-order valence-electron chi connectivity index (χ4n) is 1.14. The third kappa shape index (κ3) is 1.93. The van der Waals surface area contributed by atoms with Crippen LogP contribution in [0.2, 0.25) is 0 Å². The summed E-state index contributed by atoms with van der Waals surface area (Å²) in [6.45, 7) is 0.257. The molecule has 2 amide bonds. The van der Waals surface area contributed by atoms with Crippen molar-refractivity contribution in [2.45, 2.75) is 19.3 Å². The zero-order valence-electron chi connectivity index (χ0n) is 7.00. The average molecular weight is 167 g/mol. The van der Waals surface area contributed by atoms with Crippen LogP contribution < -0.4 is 0 Å². The van der Waals surface area contributed by atoms with E-state index in [1.165, 1.54) is 12.7 Å². The molecule has 1 saturated heterocycles. The van der Waals surface area contributed by atoms with Crippen molar-refractivity contribution in [2.75, 3.05) is 6.54 Å². The Morgan fingerprint density at radius 3 is 2.25 bits per heavy atom. The molecular formula is C7H10BNO3. The Hall–Kier alpha value is -1.13. The number of carbonyl (C=O) groups excluding carboxylic acids is 3. The fourth-order valence-corrected chi connectivity index (χ4v) is 1.14. The van der Waals surface area contributed by atoms with Crippen molar-refractivity contribution in [2.24, 2.45) is 0 Å². The molecule has 64 valence electrons. The molecule has 1 fully saturated rings. The van der Waals surface area contributed by atoms with E-state index in [2.05, 4.69) is 0 Å². The van der Waals surface area contributed by atoms with E-state index in [0.29, 0.717) is 12.8 Å². The Morgan fingerprint density at radius 2 is 1.83 bits per heavy atom. The summed E-state index contributed by atoms with van der Waals surface area (Å²) in [5.41, 5.74) is 0.00231. The molecule has 0 saturated carbocycles. The number of amides is 2. The van der Waals surface area contributed by atoms with Gasteiger partial charge < -0.3 is 4.79 Å². The summed E-state index contributed by atoms with van der Waals surface area (Å²) in [7, 11) is 1.45. The Bertz CT molecular complexity index is 223. The van der Waals surface area contributed by atoms with Crippen LogP contribution >= 0.6 is 0 Å². The molecule has 5 heteroatoms. The lowest BCUT2D eigenvalue weighted by Gasteiger charge is -2.11. The zero-order chi connectivity index (χ0) is 9.14. The maximum Gasteiger partial charge on any atom is 0.229 e. The molecule has 4 nitrogen and oxygen atoms in total. The molecule has 0 radical (unpaired) electrons. The van der Waals surface area contributed by atoms with Gasteiger partial charge in [0.25, 0.3) is 0 Å². The van der Waals surface area contributed by atoms with E-state index in [0.717, 1.165) is 0 Å². The normalized spacial score (nSPS) is 17.2. The second-order valence-electron chi connectivity index (χ2n) is 2.89. The van der Waals surface area contributed by atoms with Gasteiger partial charge in [-0.1, -0.05) is 0 Å². The molecule has 0 aromatic rings. The average Bonchev–Trinajstić information content (AvgIpc) is 2.28. The number of likely N-dealkylation sites (tertiary alicyclic amines) is 1. The number of hydrogen-bond donors (Lipinski definition) is 0. The SMILES string of the molecule is BC(=O)CCN1C(=O)CCC1=O. The summed E-state index contributed by atoms with van der Waals surface area (Å²) in [6.07, 6.45) is 0.880. The highest BCUT2D eigenvalue weighted by Gasteiger charge is 2.28. The van der Waals surface area contributed by atoms with Gasteiger partial charge in [0.15, 0.2) is 7.85 Å². The second-order valence-corrected chi connectivity index (χ2v) is 2.89. The largest absolute Gasteiger partial charge is 0.312 e. The Balaban J connectivity index is 2.45. The number of hydrogen-bond acceptors (Lipinski definition) is 3. The molecule has 0 atom stereocenters. The van der Waals surface area contributed by atoms with Crippen LogP contribution in [0.25, 0.3) is 0 Å². The van der Waals surface area contributed by atoms with Crippen molar-refractivity contribution >= 4 is 25.3 Å². The molecule has 0 aromatic carbocycles.